The Morgan fingerprint density at radius 3 is 2.35 bits per heavy atom. The van der Waals surface area contributed by atoms with Gasteiger partial charge in [0.1, 0.15) is 0 Å². The second-order valence-corrected chi connectivity index (χ2v) is 11.4. The van der Waals surface area contributed by atoms with Crippen LogP contribution in [0, 0.1) is 0 Å². The monoisotopic (exact) mass is 452 g/mol. The second kappa shape index (κ2) is 7.60. The maximum atomic E-state index is 13.3. The largest absolute Gasteiger partial charge is 0.416 e. The van der Waals surface area contributed by atoms with Crippen LogP contribution >= 0.6 is 0 Å². The van der Waals surface area contributed by atoms with Gasteiger partial charge in [-0.25, -0.2) is 8.42 Å². The lowest BCUT2D eigenvalue weighted by atomic mass is 9.97. The van der Waals surface area contributed by atoms with Gasteiger partial charge in [0.05, 0.1) is 10.8 Å². The summed E-state index contributed by atoms with van der Waals surface area (Å²) in [5.74, 6) is 0. The molecule has 0 saturated carbocycles. The quantitative estimate of drug-likeness (QED) is 0.749. The molecule has 0 aromatic heterocycles. The normalized spacial score (nSPS) is 25.3. The molecule has 4 nitrogen and oxygen atoms in total. The van der Waals surface area contributed by atoms with Crippen LogP contribution in [0.3, 0.4) is 0 Å². The van der Waals surface area contributed by atoms with Gasteiger partial charge in [-0.05, 0) is 80.1 Å². The molecule has 1 fully saturated rings. The highest BCUT2D eigenvalue weighted by molar-refractivity contribution is 7.91. The summed E-state index contributed by atoms with van der Waals surface area (Å²) in [6.45, 7) is 4.61. The van der Waals surface area contributed by atoms with Crippen LogP contribution in [-0.2, 0) is 42.0 Å². The number of fused-ring (bicyclic) bond motifs is 1. The summed E-state index contributed by atoms with van der Waals surface area (Å²) < 4.78 is 66.4. The Kier molecular flexibility index (Phi) is 5.47. The van der Waals surface area contributed by atoms with E-state index in [4.69, 9.17) is 0 Å². The van der Waals surface area contributed by atoms with Crippen LogP contribution in [0.25, 0.3) is 0 Å². The fourth-order valence-electron chi connectivity index (χ4n) is 4.85. The molecule has 168 valence electrons. The molecule has 1 heterocycles. The minimum absolute atomic E-state index is 0.337. The molecule has 0 amide bonds. The van der Waals surface area contributed by atoms with Crippen molar-refractivity contribution in [1.82, 2.24) is 9.62 Å². The van der Waals surface area contributed by atoms with Crippen LogP contribution < -0.4 is 5.32 Å². The van der Waals surface area contributed by atoms with E-state index in [1.807, 2.05) is 25.1 Å². The molecule has 4 rings (SSSR count). The third-order valence-corrected chi connectivity index (χ3v) is 8.79. The van der Waals surface area contributed by atoms with Gasteiger partial charge < -0.3 is 5.32 Å². The van der Waals surface area contributed by atoms with E-state index in [1.54, 1.807) is 24.3 Å². The van der Waals surface area contributed by atoms with Crippen molar-refractivity contribution in [1.29, 1.82) is 0 Å². The zero-order chi connectivity index (χ0) is 22.6. The summed E-state index contributed by atoms with van der Waals surface area (Å²) in [7, 11) is -1.52. The van der Waals surface area contributed by atoms with Crippen molar-refractivity contribution in [2.24, 2.45) is 0 Å². The van der Waals surface area contributed by atoms with Gasteiger partial charge in [0, 0.05) is 18.6 Å². The Balaban J connectivity index is 1.58. The van der Waals surface area contributed by atoms with Gasteiger partial charge in [0.25, 0.3) is 0 Å². The minimum Gasteiger partial charge on any atom is -0.316 e. The van der Waals surface area contributed by atoms with Crippen LogP contribution in [0.15, 0.2) is 36.4 Å². The van der Waals surface area contributed by atoms with E-state index < -0.39 is 27.3 Å². The third kappa shape index (κ3) is 4.13. The Morgan fingerprint density at radius 2 is 1.74 bits per heavy atom. The standard InChI is InChI=1S/C23H27F3N2O2S/c1-15-14-28(31(15,29)30)22(2)11-19-5-4-16(8-20(19)12-22)6-17-7-18(13-27-3)10-21(9-17)23(24,25)26/h4-5,7-10,15,27H,6,11-14H2,1-3H3. The fourth-order valence-corrected chi connectivity index (χ4v) is 6.54. The highest BCUT2D eigenvalue weighted by atomic mass is 32.2. The second-order valence-electron chi connectivity index (χ2n) is 9.08. The van der Waals surface area contributed by atoms with E-state index >= 15 is 0 Å². The first kappa shape index (κ1) is 22.3. The van der Waals surface area contributed by atoms with Gasteiger partial charge in [-0.3, -0.25) is 0 Å². The molecule has 2 aromatic rings. The molecule has 0 spiro atoms. The zero-order valence-corrected chi connectivity index (χ0v) is 18.7. The average Bonchev–Trinajstić information content (AvgIpc) is 3.01. The number of hydrogen-bond donors (Lipinski definition) is 1. The number of halogens is 3. The summed E-state index contributed by atoms with van der Waals surface area (Å²) in [6.07, 6.45) is -2.72. The molecule has 0 radical (unpaired) electrons. The Bertz CT molecular complexity index is 1110. The lowest BCUT2D eigenvalue weighted by Crippen LogP contribution is -2.64. The topological polar surface area (TPSA) is 49.4 Å². The predicted molar refractivity (Wildman–Crippen MR) is 114 cm³/mol. The van der Waals surface area contributed by atoms with Gasteiger partial charge >= 0.3 is 6.18 Å². The first-order chi connectivity index (χ1) is 14.4. The van der Waals surface area contributed by atoms with Crippen LogP contribution in [0.4, 0.5) is 13.2 Å². The molecule has 8 heteroatoms. The van der Waals surface area contributed by atoms with E-state index in [2.05, 4.69) is 5.32 Å². The van der Waals surface area contributed by atoms with Crippen molar-refractivity contribution >= 4 is 10.0 Å². The molecule has 2 aromatic carbocycles. The number of sulfonamides is 1. The number of alkyl halides is 3. The molecule has 2 atom stereocenters. The van der Waals surface area contributed by atoms with E-state index in [-0.39, 0.29) is 5.25 Å². The van der Waals surface area contributed by atoms with E-state index in [0.717, 1.165) is 16.7 Å². The van der Waals surface area contributed by atoms with Crippen molar-refractivity contribution in [3.8, 4) is 0 Å². The highest BCUT2D eigenvalue weighted by Crippen LogP contribution is 2.41. The van der Waals surface area contributed by atoms with Gasteiger partial charge in [0.15, 0.2) is 0 Å². The maximum Gasteiger partial charge on any atom is 0.416 e. The number of rotatable bonds is 5. The third-order valence-electron chi connectivity index (χ3n) is 6.42. The molecular weight excluding hydrogens is 425 g/mol. The van der Waals surface area contributed by atoms with Gasteiger partial charge in [-0.1, -0.05) is 24.3 Å². The van der Waals surface area contributed by atoms with E-state index in [1.165, 1.54) is 12.1 Å². The molecular formula is C23H27F3N2O2S. The first-order valence-corrected chi connectivity index (χ1v) is 11.9. The van der Waals surface area contributed by atoms with Crippen molar-refractivity contribution in [2.45, 2.75) is 56.6 Å². The summed E-state index contributed by atoms with van der Waals surface area (Å²) in [4.78, 5) is 0. The SMILES string of the molecule is CNCc1cc(Cc2ccc3c(c2)CC(C)(N2CC(C)S2(=O)=O)C3)cc(C(F)(F)F)c1. The Labute approximate surface area is 181 Å². The summed E-state index contributed by atoms with van der Waals surface area (Å²) in [5.41, 5.74) is 3.22. The smallest absolute Gasteiger partial charge is 0.316 e. The van der Waals surface area contributed by atoms with Gasteiger partial charge in [-0.15, -0.1) is 0 Å². The predicted octanol–water partition coefficient (Wildman–Crippen LogP) is 3.91. The van der Waals surface area contributed by atoms with Crippen molar-refractivity contribution in [2.75, 3.05) is 13.6 Å². The van der Waals surface area contributed by atoms with Crippen molar-refractivity contribution < 1.29 is 21.6 Å². The Morgan fingerprint density at radius 1 is 1.06 bits per heavy atom. The summed E-state index contributed by atoms with van der Waals surface area (Å²) in [5, 5.41) is 2.57. The fraction of sp³-hybridized carbons (Fsp3) is 0.478. The zero-order valence-electron chi connectivity index (χ0n) is 17.9. The number of benzene rings is 2. The van der Waals surface area contributed by atoms with Gasteiger partial charge in [-0.2, -0.15) is 17.5 Å². The lowest BCUT2D eigenvalue weighted by molar-refractivity contribution is -0.137. The molecule has 1 N–H and O–H groups in total. The highest BCUT2D eigenvalue weighted by Gasteiger charge is 2.52. The van der Waals surface area contributed by atoms with E-state index in [0.29, 0.717) is 43.5 Å². The summed E-state index contributed by atoms with van der Waals surface area (Å²) in [6, 6.07) is 10.2. The summed E-state index contributed by atoms with van der Waals surface area (Å²) >= 11 is 0. The average molecular weight is 453 g/mol. The number of nitrogens with zero attached hydrogens (tertiary/aromatic N) is 1. The lowest BCUT2D eigenvalue weighted by Gasteiger charge is -2.46. The molecule has 1 aliphatic carbocycles. The van der Waals surface area contributed by atoms with Crippen LogP contribution in [0.1, 0.15) is 47.2 Å². The van der Waals surface area contributed by atoms with Crippen LogP contribution in [0.2, 0.25) is 0 Å². The first-order valence-electron chi connectivity index (χ1n) is 10.4. The Hall–Kier alpha value is -1.90. The molecule has 0 bridgehead atoms. The molecule has 2 unspecified atom stereocenters. The number of nitrogens with one attached hydrogen (secondary N) is 1. The minimum atomic E-state index is -4.39. The molecule has 2 aliphatic rings. The van der Waals surface area contributed by atoms with Crippen molar-refractivity contribution in [3.05, 3.63) is 69.8 Å². The van der Waals surface area contributed by atoms with E-state index in [9.17, 15) is 21.6 Å². The maximum absolute atomic E-state index is 13.3. The van der Waals surface area contributed by atoms with Crippen LogP contribution in [-0.4, -0.2) is 37.1 Å². The number of hydrogen-bond acceptors (Lipinski definition) is 3. The van der Waals surface area contributed by atoms with Crippen molar-refractivity contribution in [3.63, 3.8) is 0 Å². The van der Waals surface area contributed by atoms with Gasteiger partial charge in [0.2, 0.25) is 10.0 Å². The van der Waals surface area contributed by atoms with Crippen LogP contribution in [0.5, 0.6) is 0 Å². The molecule has 31 heavy (non-hydrogen) atoms. The molecule has 1 aliphatic heterocycles. The molecule has 1 saturated heterocycles.